The quantitative estimate of drug-likeness (QED) is 0.750. The number of ether oxygens (including phenoxy) is 1. The van der Waals surface area contributed by atoms with Crippen LogP contribution < -0.4 is 4.90 Å². The molecule has 3 nitrogen and oxygen atoms in total. The van der Waals surface area contributed by atoms with E-state index in [1.165, 1.54) is 18.4 Å². The van der Waals surface area contributed by atoms with Crippen molar-refractivity contribution >= 4 is 11.7 Å². The number of carbonyl (C=O) groups is 1. The summed E-state index contributed by atoms with van der Waals surface area (Å²) < 4.78 is 4.82. The van der Waals surface area contributed by atoms with Gasteiger partial charge in [0.2, 0.25) is 0 Å². The SMILES string of the molecule is COC(=O)C(C)C(C)N1CCc2ccccc21. The van der Waals surface area contributed by atoms with Gasteiger partial charge in [-0.2, -0.15) is 0 Å². The second-order valence-corrected chi connectivity index (χ2v) is 4.62. The highest BCUT2D eigenvalue weighted by Crippen LogP contribution is 2.31. The third-order valence-corrected chi connectivity index (χ3v) is 3.71. The number of nitrogens with zero attached hydrogens (tertiary/aromatic N) is 1. The lowest BCUT2D eigenvalue weighted by Gasteiger charge is -2.30. The topological polar surface area (TPSA) is 29.5 Å². The Bertz CT molecular complexity index is 416. The van der Waals surface area contributed by atoms with Crippen LogP contribution in [0.4, 0.5) is 5.69 Å². The molecule has 0 spiro atoms. The smallest absolute Gasteiger partial charge is 0.310 e. The zero-order chi connectivity index (χ0) is 12.4. The fourth-order valence-electron chi connectivity index (χ4n) is 2.44. The number of hydrogen-bond acceptors (Lipinski definition) is 3. The number of fused-ring (bicyclic) bond motifs is 1. The monoisotopic (exact) mass is 233 g/mol. The number of hydrogen-bond donors (Lipinski definition) is 0. The molecule has 1 aromatic carbocycles. The summed E-state index contributed by atoms with van der Waals surface area (Å²) in [6.45, 7) is 5.00. The Kier molecular flexibility index (Phi) is 3.36. The van der Waals surface area contributed by atoms with E-state index in [4.69, 9.17) is 4.74 Å². The van der Waals surface area contributed by atoms with Crippen molar-refractivity contribution in [3.05, 3.63) is 29.8 Å². The van der Waals surface area contributed by atoms with Crippen LogP contribution in [0.3, 0.4) is 0 Å². The van der Waals surface area contributed by atoms with Crippen LogP contribution in [0.25, 0.3) is 0 Å². The fraction of sp³-hybridized carbons (Fsp3) is 0.500. The van der Waals surface area contributed by atoms with Gasteiger partial charge in [-0.3, -0.25) is 4.79 Å². The molecule has 92 valence electrons. The Hall–Kier alpha value is -1.51. The molecular weight excluding hydrogens is 214 g/mol. The van der Waals surface area contributed by atoms with Gasteiger partial charge < -0.3 is 9.64 Å². The Labute approximate surface area is 102 Å². The molecule has 0 aromatic heterocycles. The highest BCUT2D eigenvalue weighted by molar-refractivity contribution is 5.74. The summed E-state index contributed by atoms with van der Waals surface area (Å²) in [5, 5.41) is 0. The molecule has 1 aromatic rings. The van der Waals surface area contributed by atoms with Crippen LogP contribution in [-0.2, 0) is 16.0 Å². The Balaban J connectivity index is 2.17. The molecule has 2 atom stereocenters. The first-order valence-corrected chi connectivity index (χ1v) is 6.07. The van der Waals surface area contributed by atoms with E-state index >= 15 is 0 Å². The van der Waals surface area contributed by atoms with Gasteiger partial charge in [0, 0.05) is 18.3 Å². The van der Waals surface area contributed by atoms with Crippen molar-refractivity contribution in [1.29, 1.82) is 0 Å². The van der Waals surface area contributed by atoms with Gasteiger partial charge in [-0.15, -0.1) is 0 Å². The van der Waals surface area contributed by atoms with Crippen molar-refractivity contribution in [1.82, 2.24) is 0 Å². The van der Waals surface area contributed by atoms with Gasteiger partial charge in [0.25, 0.3) is 0 Å². The van der Waals surface area contributed by atoms with Crippen LogP contribution in [0.5, 0.6) is 0 Å². The average Bonchev–Trinajstić information content (AvgIpc) is 2.79. The van der Waals surface area contributed by atoms with Gasteiger partial charge in [-0.05, 0) is 31.9 Å². The van der Waals surface area contributed by atoms with Crippen LogP contribution in [0.2, 0.25) is 0 Å². The van der Waals surface area contributed by atoms with E-state index in [2.05, 4.69) is 30.0 Å². The van der Waals surface area contributed by atoms with Gasteiger partial charge in [0.05, 0.1) is 13.0 Å². The number of anilines is 1. The molecule has 0 saturated heterocycles. The molecule has 17 heavy (non-hydrogen) atoms. The normalized spacial score (nSPS) is 17.5. The third-order valence-electron chi connectivity index (χ3n) is 3.71. The van der Waals surface area contributed by atoms with Crippen molar-refractivity contribution in [2.75, 3.05) is 18.6 Å². The molecule has 2 rings (SSSR count). The molecular formula is C14H19NO2. The van der Waals surface area contributed by atoms with Crippen molar-refractivity contribution in [3.63, 3.8) is 0 Å². The minimum atomic E-state index is -0.137. The number of carbonyl (C=O) groups excluding carboxylic acids is 1. The van der Waals surface area contributed by atoms with E-state index in [1.54, 1.807) is 0 Å². The van der Waals surface area contributed by atoms with Gasteiger partial charge >= 0.3 is 5.97 Å². The first-order chi connectivity index (χ1) is 8.15. The minimum Gasteiger partial charge on any atom is -0.469 e. The fourth-order valence-corrected chi connectivity index (χ4v) is 2.44. The van der Waals surface area contributed by atoms with Crippen molar-refractivity contribution in [3.8, 4) is 0 Å². The molecule has 0 amide bonds. The van der Waals surface area contributed by atoms with Gasteiger partial charge in [0.15, 0.2) is 0 Å². The Morgan fingerprint density at radius 1 is 1.35 bits per heavy atom. The van der Waals surface area contributed by atoms with Gasteiger partial charge in [-0.25, -0.2) is 0 Å². The van der Waals surface area contributed by atoms with Crippen molar-refractivity contribution < 1.29 is 9.53 Å². The molecule has 0 bridgehead atoms. The predicted molar refractivity (Wildman–Crippen MR) is 68.1 cm³/mol. The highest BCUT2D eigenvalue weighted by atomic mass is 16.5. The summed E-state index contributed by atoms with van der Waals surface area (Å²) in [6.07, 6.45) is 1.06. The maximum Gasteiger partial charge on any atom is 0.310 e. The van der Waals surface area contributed by atoms with Crippen molar-refractivity contribution in [2.45, 2.75) is 26.3 Å². The van der Waals surface area contributed by atoms with Crippen molar-refractivity contribution in [2.24, 2.45) is 5.92 Å². The average molecular weight is 233 g/mol. The van der Waals surface area contributed by atoms with Crippen LogP contribution in [0.15, 0.2) is 24.3 Å². The van der Waals surface area contributed by atoms with E-state index in [0.717, 1.165) is 13.0 Å². The molecule has 0 saturated carbocycles. The second-order valence-electron chi connectivity index (χ2n) is 4.62. The van der Waals surface area contributed by atoms with Crippen LogP contribution in [0, 0.1) is 5.92 Å². The summed E-state index contributed by atoms with van der Waals surface area (Å²) in [4.78, 5) is 13.9. The molecule has 0 fully saturated rings. The summed E-state index contributed by atoms with van der Waals surface area (Å²) in [5.41, 5.74) is 2.63. The molecule has 0 aliphatic carbocycles. The first-order valence-electron chi connectivity index (χ1n) is 6.07. The van der Waals surface area contributed by atoms with Crippen LogP contribution in [0.1, 0.15) is 19.4 Å². The molecule has 1 heterocycles. The number of rotatable bonds is 3. The summed E-state index contributed by atoms with van der Waals surface area (Å²) in [5.74, 6) is -0.243. The van der Waals surface area contributed by atoms with Gasteiger partial charge in [-0.1, -0.05) is 18.2 Å². The highest BCUT2D eigenvalue weighted by Gasteiger charge is 2.30. The minimum absolute atomic E-state index is 0.105. The van der Waals surface area contributed by atoms with E-state index in [1.807, 2.05) is 13.0 Å². The van der Waals surface area contributed by atoms with E-state index in [-0.39, 0.29) is 17.9 Å². The third kappa shape index (κ3) is 2.14. The van der Waals surface area contributed by atoms with E-state index in [9.17, 15) is 4.79 Å². The lowest BCUT2D eigenvalue weighted by Crippen LogP contribution is -2.40. The molecule has 0 N–H and O–H groups in total. The Morgan fingerprint density at radius 2 is 2.06 bits per heavy atom. The van der Waals surface area contributed by atoms with Crippen LogP contribution >= 0.6 is 0 Å². The summed E-state index contributed by atoms with van der Waals surface area (Å²) in [6, 6.07) is 8.57. The molecule has 1 aliphatic heterocycles. The lowest BCUT2D eigenvalue weighted by molar-refractivity contribution is -0.145. The molecule has 1 aliphatic rings. The largest absolute Gasteiger partial charge is 0.469 e. The predicted octanol–water partition coefficient (Wildman–Crippen LogP) is 2.25. The number of methoxy groups -OCH3 is 1. The maximum absolute atomic E-state index is 11.6. The molecule has 2 unspecified atom stereocenters. The number of benzene rings is 1. The first kappa shape index (κ1) is 12.0. The lowest BCUT2D eigenvalue weighted by atomic mass is 10.0. The van der Waals surface area contributed by atoms with Crippen LogP contribution in [-0.4, -0.2) is 25.7 Å². The van der Waals surface area contributed by atoms with Gasteiger partial charge in [0.1, 0.15) is 0 Å². The standard InChI is InChI=1S/C14H19NO2/c1-10(14(16)17-3)11(2)15-9-8-12-6-4-5-7-13(12)15/h4-7,10-11H,8-9H2,1-3H3. The summed E-state index contributed by atoms with van der Waals surface area (Å²) in [7, 11) is 1.45. The number of esters is 1. The number of para-hydroxylation sites is 1. The van der Waals surface area contributed by atoms with E-state index in [0.29, 0.717) is 0 Å². The second kappa shape index (κ2) is 4.78. The Morgan fingerprint density at radius 3 is 2.76 bits per heavy atom. The van der Waals surface area contributed by atoms with E-state index < -0.39 is 0 Å². The zero-order valence-corrected chi connectivity index (χ0v) is 10.6. The zero-order valence-electron chi connectivity index (χ0n) is 10.6. The maximum atomic E-state index is 11.6. The molecule has 0 radical (unpaired) electrons. The molecule has 3 heteroatoms. The summed E-state index contributed by atoms with van der Waals surface area (Å²) >= 11 is 0.